The van der Waals surface area contributed by atoms with Gasteiger partial charge in [-0.3, -0.25) is 14.8 Å². The summed E-state index contributed by atoms with van der Waals surface area (Å²) >= 11 is 0. The molecule has 2 atom stereocenters. The third-order valence-corrected chi connectivity index (χ3v) is 6.39. The van der Waals surface area contributed by atoms with Gasteiger partial charge in [-0.25, -0.2) is 4.39 Å². The van der Waals surface area contributed by atoms with Gasteiger partial charge in [0.05, 0.1) is 17.6 Å². The summed E-state index contributed by atoms with van der Waals surface area (Å²) in [6.45, 7) is 3.85. The lowest BCUT2D eigenvalue weighted by Crippen LogP contribution is -2.32. The number of rotatable bonds is 7. The summed E-state index contributed by atoms with van der Waals surface area (Å²) in [5.74, 6) is -0.689. The fourth-order valence-electron chi connectivity index (χ4n) is 4.32. The summed E-state index contributed by atoms with van der Waals surface area (Å²) in [6.07, 6.45) is 4.44. The summed E-state index contributed by atoms with van der Waals surface area (Å²) in [4.78, 5) is 27.7. The lowest BCUT2D eigenvalue weighted by Gasteiger charge is -2.13. The van der Waals surface area contributed by atoms with Crippen LogP contribution in [0, 0.1) is 17.9 Å². The number of carbonyl (C=O) groups excluding carboxylic acids is 1. The number of carbonyl (C=O) groups is 1. The van der Waals surface area contributed by atoms with Crippen molar-refractivity contribution in [1.82, 2.24) is 9.97 Å². The molecule has 0 saturated carbocycles. The molecule has 0 radical (unpaired) electrons. The average molecular weight is 497 g/mol. The van der Waals surface area contributed by atoms with E-state index in [9.17, 15) is 14.4 Å². The molecule has 8 heteroatoms. The van der Waals surface area contributed by atoms with Gasteiger partial charge in [0.1, 0.15) is 5.82 Å². The Bertz CT molecular complexity index is 1470. The number of pyridine rings is 3. The number of hydrogen-bond donors (Lipinski definition) is 0. The number of halogens is 1. The van der Waals surface area contributed by atoms with Gasteiger partial charge < -0.3 is 10.0 Å². The van der Waals surface area contributed by atoms with E-state index in [0.29, 0.717) is 29.1 Å². The minimum Gasteiger partial charge on any atom is -0.618 e. The van der Waals surface area contributed by atoms with Crippen molar-refractivity contribution >= 4 is 11.5 Å². The van der Waals surface area contributed by atoms with Gasteiger partial charge in [-0.15, -0.1) is 0 Å². The second kappa shape index (κ2) is 10.3. The molecule has 4 aromatic rings. The molecule has 0 aliphatic carbocycles. The van der Waals surface area contributed by atoms with E-state index in [0.717, 1.165) is 33.3 Å². The molecule has 1 aromatic carbocycles. The smallest absolute Gasteiger partial charge is 0.236 e. The van der Waals surface area contributed by atoms with Crippen LogP contribution in [0.15, 0.2) is 84.4 Å². The average Bonchev–Trinajstić information content (AvgIpc) is 3.39. The molecule has 1 unspecified atom stereocenters. The molecule has 186 valence electrons. The minimum absolute atomic E-state index is 0.0784. The van der Waals surface area contributed by atoms with Crippen molar-refractivity contribution in [3.63, 3.8) is 0 Å². The van der Waals surface area contributed by atoms with Gasteiger partial charge in [0.25, 0.3) is 0 Å². The standard InChI is InChI=1S/C29H25FN4O3/c1-18-6-8-25(31-16-18)20-12-21(26-15-29(37-33-26)27-5-3-4-10-34(27)36)14-22(13-20)28(35)11-19(2)24-9-7-23(30)17-32-24/h3-10,12-14,16-17,19,29H,11,15H2,1-2H3/t19-,29?/m0/s1. The van der Waals surface area contributed by atoms with Gasteiger partial charge in [-0.05, 0) is 55.0 Å². The van der Waals surface area contributed by atoms with Crippen molar-refractivity contribution in [3.05, 3.63) is 118 Å². The number of benzene rings is 1. The van der Waals surface area contributed by atoms with E-state index in [1.165, 1.54) is 12.3 Å². The van der Waals surface area contributed by atoms with E-state index in [1.807, 2.05) is 38.1 Å². The molecule has 0 saturated heterocycles. The van der Waals surface area contributed by atoms with E-state index in [4.69, 9.17) is 4.84 Å². The van der Waals surface area contributed by atoms with Gasteiger partial charge in [-0.1, -0.05) is 18.1 Å². The molecule has 0 bridgehead atoms. The van der Waals surface area contributed by atoms with Crippen LogP contribution >= 0.6 is 0 Å². The first-order valence-electron chi connectivity index (χ1n) is 12.0. The van der Waals surface area contributed by atoms with Crippen molar-refractivity contribution in [2.45, 2.75) is 38.7 Å². The predicted molar refractivity (Wildman–Crippen MR) is 136 cm³/mol. The highest BCUT2D eigenvalue weighted by Crippen LogP contribution is 2.31. The lowest BCUT2D eigenvalue weighted by atomic mass is 9.92. The zero-order chi connectivity index (χ0) is 25.9. The maximum Gasteiger partial charge on any atom is 0.236 e. The monoisotopic (exact) mass is 496 g/mol. The normalized spacial score (nSPS) is 15.6. The molecule has 4 heterocycles. The number of oxime groups is 1. The molecule has 3 aromatic heterocycles. The van der Waals surface area contributed by atoms with Crippen LogP contribution in [0.4, 0.5) is 4.39 Å². The number of ketones is 1. The number of nitrogens with zero attached hydrogens (tertiary/aromatic N) is 4. The van der Waals surface area contributed by atoms with Gasteiger partial charge in [0.15, 0.2) is 12.0 Å². The first-order valence-corrected chi connectivity index (χ1v) is 12.0. The summed E-state index contributed by atoms with van der Waals surface area (Å²) in [5, 5.41) is 16.5. The molecular formula is C29H25FN4O3. The number of hydrogen-bond acceptors (Lipinski definition) is 6. The largest absolute Gasteiger partial charge is 0.618 e. The highest BCUT2D eigenvalue weighted by Gasteiger charge is 2.30. The van der Waals surface area contributed by atoms with Crippen molar-refractivity contribution in [2.24, 2.45) is 5.16 Å². The van der Waals surface area contributed by atoms with E-state index < -0.39 is 11.9 Å². The van der Waals surface area contributed by atoms with E-state index in [-0.39, 0.29) is 18.1 Å². The third-order valence-electron chi connectivity index (χ3n) is 6.39. The Kier molecular flexibility index (Phi) is 6.72. The van der Waals surface area contributed by atoms with Gasteiger partial charge in [0.2, 0.25) is 11.8 Å². The van der Waals surface area contributed by atoms with Crippen LogP contribution in [0.25, 0.3) is 11.3 Å². The van der Waals surface area contributed by atoms with Crippen molar-refractivity contribution in [2.75, 3.05) is 0 Å². The highest BCUT2D eigenvalue weighted by molar-refractivity contribution is 6.05. The fourth-order valence-corrected chi connectivity index (χ4v) is 4.32. The van der Waals surface area contributed by atoms with Crippen LogP contribution in [0.3, 0.4) is 0 Å². The minimum atomic E-state index is -0.515. The summed E-state index contributed by atoms with van der Waals surface area (Å²) in [7, 11) is 0. The third kappa shape index (κ3) is 5.38. The Labute approximate surface area is 213 Å². The molecule has 5 rings (SSSR count). The number of Topliss-reactive ketones (excluding diaryl/α,β-unsaturated/α-hetero) is 1. The second-order valence-corrected chi connectivity index (χ2v) is 9.24. The summed E-state index contributed by atoms with van der Waals surface area (Å²) in [5.41, 5.74) is 5.53. The maximum absolute atomic E-state index is 13.4. The molecule has 7 nitrogen and oxygen atoms in total. The van der Waals surface area contributed by atoms with Crippen LogP contribution in [0.1, 0.15) is 64.7 Å². The quantitative estimate of drug-likeness (QED) is 0.192. The Morgan fingerprint density at radius 3 is 2.68 bits per heavy atom. The highest BCUT2D eigenvalue weighted by atomic mass is 19.1. The number of aromatic nitrogens is 3. The zero-order valence-corrected chi connectivity index (χ0v) is 20.5. The van der Waals surface area contributed by atoms with Crippen LogP contribution in [0.2, 0.25) is 0 Å². The topological polar surface area (TPSA) is 91.4 Å². The predicted octanol–water partition coefficient (Wildman–Crippen LogP) is 5.47. The Hall–Kier alpha value is -4.46. The molecule has 0 N–H and O–H groups in total. The van der Waals surface area contributed by atoms with E-state index >= 15 is 0 Å². The lowest BCUT2D eigenvalue weighted by molar-refractivity contribution is -0.618. The molecule has 37 heavy (non-hydrogen) atoms. The Morgan fingerprint density at radius 1 is 1.11 bits per heavy atom. The van der Waals surface area contributed by atoms with Gasteiger partial charge in [0, 0.05) is 59.5 Å². The second-order valence-electron chi connectivity index (χ2n) is 9.24. The van der Waals surface area contributed by atoms with Crippen LogP contribution in [-0.4, -0.2) is 21.5 Å². The first-order chi connectivity index (χ1) is 17.9. The SMILES string of the molecule is Cc1ccc(-c2cc(C(=O)C[C@H](C)c3ccc(F)cn3)cc(C3=NOC(c4cccc[n+]4[O-])C3)c2)nc1. The molecule has 0 spiro atoms. The number of aryl methyl sites for hydroxylation is 1. The molecular weight excluding hydrogens is 471 g/mol. The van der Waals surface area contributed by atoms with Crippen LogP contribution < -0.4 is 4.73 Å². The Balaban J connectivity index is 1.46. The van der Waals surface area contributed by atoms with Gasteiger partial charge >= 0.3 is 0 Å². The van der Waals surface area contributed by atoms with Crippen molar-refractivity contribution < 1.29 is 18.8 Å². The summed E-state index contributed by atoms with van der Waals surface area (Å²) < 4.78 is 14.1. The van der Waals surface area contributed by atoms with E-state index in [1.54, 1.807) is 36.5 Å². The van der Waals surface area contributed by atoms with Crippen LogP contribution in [-0.2, 0) is 4.84 Å². The Morgan fingerprint density at radius 2 is 1.95 bits per heavy atom. The molecule has 0 fully saturated rings. The molecule has 1 aliphatic heterocycles. The van der Waals surface area contributed by atoms with Crippen LogP contribution in [0.5, 0.6) is 0 Å². The summed E-state index contributed by atoms with van der Waals surface area (Å²) in [6, 6.07) is 17.5. The fraction of sp³-hybridized carbons (Fsp3) is 0.207. The van der Waals surface area contributed by atoms with Crippen molar-refractivity contribution in [3.8, 4) is 11.3 Å². The first kappa shape index (κ1) is 24.2. The zero-order valence-electron chi connectivity index (χ0n) is 20.5. The molecule has 1 aliphatic rings. The van der Waals surface area contributed by atoms with Gasteiger partial charge in [-0.2, -0.15) is 4.73 Å². The van der Waals surface area contributed by atoms with E-state index in [2.05, 4.69) is 15.1 Å². The van der Waals surface area contributed by atoms with Crippen molar-refractivity contribution in [1.29, 1.82) is 0 Å². The maximum atomic E-state index is 13.4. The molecule has 0 amide bonds.